The lowest BCUT2D eigenvalue weighted by atomic mass is 10.2. The van der Waals surface area contributed by atoms with Crippen LogP contribution < -0.4 is 15.4 Å². The first-order valence-corrected chi connectivity index (χ1v) is 7.55. The number of anilines is 3. The lowest BCUT2D eigenvalue weighted by Crippen LogP contribution is -2.13. The van der Waals surface area contributed by atoms with Crippen molar-refractivity contribution < 1.29 is 18.3 Å². The van der Waals surface area contributed by atoms with Gasteiger partial charge in [0.05, 0.1) is 12.7 Å². The number of rotatable bonds is 5. The normalized spacial score (nSPS) is 10.3. The van der Waals surface area contributed by atoms with E-state index in [0.717, 1.165) is 12.1 Å². The number of ether oxygens (including phenoxy) is 1. The van der Waals surface area contributed by atoms with Crippen LogP contribution in [-0.4, -0.2) is 23.0 Å². The predicted molar refractivity (Wildman–Crippen MR) is 92.6 cm³/mol. The molecule has 132 valence electrons. The fraction of sp³-hybridized carbons (Fsp3) is 0.0556. The van der Waals surface area contributed by atoms with Crippen LogP contribution in [0.5, 0.6) is 5.75 Å². The molecule has 1 aromatic heterocycles. The van der Waals surface area contributed by atoms with Crippen molar-refractivity contribution in [3.8, 4) is 5.75 Å². The average Bonchev–Trinajstić information content (AvgIpc) is 2.66. The van der Waals surface area contributed by atoms with E-state index in [4.69, 9.17) is 4.74 Å². The summed E-state index contributed by atoms with van der Waals surface area (Å²) in [7, 11) is 1.55. The molecule has 2 N–H and O–H groups in total. The topological polar surface area (TPSA) is 76.1 Å². The standard InChI is InChI=1S/C18H14F2N4O2/c1-26-13-7-5-12(6-8-13)23-17(25)11-9-21-18(22-10-11)24-16-14(19)3-2-4-15(16)20/h2-10H,1H3,(H,23,25)(H,21,22,24). The molecule has 0 bridgehead atoms. The summed E-state index contributed by atoms with van der Waals surface area (Å²) >= 11 is 0. The third-order valence-corrected chi connectivity index (χ3v) is 3.46. The van der Waals surface area contributed by atoms with Crippen LogP contribution in [0.4, 0.5) is 26.1 Å². The van der Waals surface area contributed by atoms with Gasteiger partial charge in [0.15, 0.2) is 0 Å². The van der Waals surface area contributed by atoms with Crippen molar-refractivity contribution in [2.75, 3.05) is 17.7 Å². The molecule has 0 radical (unpaired) electrons. The summed E-state index contributed by atoms with van der Waals surface area (Å²) in [6.45, 7) is 0. The summed E-state index contributed by atoms with van der Waals surface area (Å²) in [6.07, 6.45) is 2.51. The van der Waals surface area contributed by atoms with Gasteiger partial charge in [-0.15, -0.1) is 0 Å². The summed E-state index contributed by atoms with van der Waals surface area (Å²) in [5.74, 6) is -1.32. The Kier molecular flexibility index (Phi) is 5.02. The second-order valence-electron chi connectivity index (χ2n) is 5.20. The number of nitrogens with one attached hydrogen (secondary N) is 2. The minimum absolute atomic E-state index is 0.0324. The van der Waals surface area contributed by atoms with Gasteiger partial charge in [0, 0.05) is 18.1 Å². The molecule has 3 aromatic rings. The minimum atomic E-state index is -0.769. The molecule has 0 fully saturated rings. The quantitative estimate of drug-likeness (QED) is 0.728. The van der Waals surface area contributed by atoms with Crippen molar-refractivity contribution in [1.29, 1.82) is 0 Å². The van der Waals surface area contributed by atoms with Crippen LogP contribution in [-0.2, 0) is 0 Å². The van der Waals surface area contributed by atoms with Crippen molar-refractivity contribution in [3.63, 3.8) is 0 Å². The van der Waals surface area contributed by atoms with Gasteiger partial charge in [-0.1, -0.05) is 6.07 Å². The Balaban J connectivity index is 1.69. The smallest absolute Gasteiger partial charge is 0.258 e. The van der Waals surface area contributed by atoms with Gasteiger partial charge in [-0.2, -0.15) is 0 Å². The van der Waals surface area contributed by atoms with Crippen molar-refractivity contribution in [2.24, 2.45) is 0 Å². The van der Waals surface area contributed by atoms with E-state index >= 15 is 0 Å². The first-order valence-electron chi connectivity index (χ1n) is 7.55. The van der Waals surface area contributed by atoms with Crippen LogP contribution in [0.25, 0.3) is 0 Å². The fourth-order valence-electron chi connectivity index (χ4n) is 2.12. The number of methoxy groups -OCH3 is 1. The molecule has 0 aliphatic heterocycles. The number of carbonyl (C=O) groups excluding carboxylic acids is 1. The Labute approximate surface area is 147 Å². The minimum Gasteiger partial charge on any atom is -0.497 e. The first-order chi connectivity index (χ1) is 12.6. The predicted octanol–water partition coefficient (Wildman–Crippen LogP) is 3.76. The molecule has 6 nitrogen and oxygen atoms in total. The Hall–Kier alpha value is -3.55. The van der Waals surface area contributed by atoms with Gasteiger partial charge in [-0.3, -0.25) is 4.79 Å². The molecular formula is C18H14F2N4O2. The third-order valence-electron chi connectivity index (χ3n) is 3.46. The number of amides is 1. The SMILES string of the molecule is COc1ccc(NC(=O)c2cnc(Nc3c(F)cccc3F)nc2)cc1. The summed E-state index contributed by atoms with van der Waals surface area (Å²) < 4.78 is 32.3. The second kappa shape index (κ2) is 7.56. The van der Waals surface area contributed by atoms with Crippen LogP contribution in [0.15, 0.2) is 54.9 Å². The van der Waals surface area contributed by atoms with E-state index in [1.807, 2.05) is 0 Å². The molecule has 0 saturated heterocycles. The molecule has 0 spiro atoms. The maximum atomic E-state index is 13.6. The number of halogens is 2. The summed E-state index contributed by atoms with van der Waals surface area (Å²) in [4.78, 5) is 20.0. The van der Waals surface area contributed by atoms with Gasteiger partial charge >= 0.3 is 0 Å². The zero-order valence-corrected chi connectivity index (χ0v) is 13.7. The van der Waals surface area contributed by atoms with Crippen molar-refractivity contribution in [2.45, 2.75) is 0 Å². The number of para-hydroxylation sites is 1. The van der Waals surface area contributed by atoms with E-state index in [0.29, 0.717) is 11.4 Å². The van der Waals surface area contributed by atoms with Crippen LogP contribution >= 0.6 is 0 Å². The number of benzene rings is 2. The Morgan fingerprint density at radius 3 is 2.19 bits per heavy atom. The zero-order chi connectivity index (χ0) is 18.5. The Morgan fingerprint density at radius 2 is 1.62 bits per heavy atom. The molecule has 0 unspecified atom stereocenters. The van der Waals surface area contributed by atoms with Gasteiger partial charge in [-0.25, -0.2) is 18.7 Å². The van der Waals surface area contributed by atoms with Crippen molar-refractivity contribution in [3.05, 3.63) is 72.1 Å². The fourth-order valence-corrected chi connectivity index (χ4v) is 2.12. The molecule has 1 heterocycles. The number of carbonyl (C=O) groups is 1. The van der Waals surface area contributed by atoms with Gasteiger partial charge < -0.3 is 15.4 Å². The van der Waals surface area contributed by atoms with Gasteiger partial charge in [0.2, 0.25) is 5.95 Å². The van der Waals surface area contributed by atoms with E-state index in [-0.39, 0.29) is 17.2 Å². The van der Waals surface area contributed by atoms with Crippen LogP contribution in [0.1, 0.15) is 10.4 Å². The number of nitrogens with zero attached hydrogens (tertiary/aromatic N) is 2. The van der Waals surface area contributed by atoms with Crippen LogP contribution in [0.2, 0.25) is 0 Å². The van der Waals surface area contributed by atoms with E-state index in [2.05, 4.69) is 20.6 Å². The van der Waals surface area contributed by atoms with E-state index in [9.17, 15) is 13.6 Å². The van der Waals surface area contributed by atoms with E-state index in [1.165, 1.54) is 18.5 Å². The highest BCUT2D eigenvalue weighted by Crippen LogP contribution is 2.21. The molecule has 1 amide bonds. The molecular weight excluding hydrogens is 342 g/mol. The molecule has 3 rings (SSSR count). The largest absolute Gasteiger partial charge is 0.497 e. The summed E-state index contributed by atoms with van der Waals surface area (Å²) in [5.41, 5.74) is 0.412. The lowest BCUT2D eigenvalue weighted by Gasteiger charge is -2.08. The Morgan fingerprint density at radius 1 is 1.00 bits per heavy atom. The maximum Gasteiger partial charge on any atom is 0.258 e. The van der Waals surface area contributed by atoms with Crippen molar-refractivity contribution >= 4 is 23.2 Å². The third kappa shape index (κ3) is 3.92. The van der Waals surface area contributed by atoms with Gasteiger partial charge in [-0.05, 0) is 36.4 Å². The van der Waals surface area contributed by atoms with Crippen LogP contribution in [0, 0.1) is 11.6 Å². The van der Waals surface area contributed by atoms with Gasteiger partial charge in [0.25, 0.3) is 5.91 Å². The highest BCUT2D eigenvalue weighted by Gasteiger charge is 2.11. The number of aromatic nitrogens is 2. The highest BCUT2D eigenvalue weighted by molar-refractivity contribution is 6.03. The summed E-state index contributed by atoms with van der Waals surface area (Å²) in [5, 5.41) is 5.13. The number of hydrogen-bond donors (Lipinski definition) is 2. The highest BCUT2D eigenvalue weighted by atomic mass is 19.1. The molecule has 26 heavy (non-hydrogen) atoms. The molecule has 2 aromatic carbocycles. The molecule has 0 saturated carbocycles. The van der Waals surface area contributed by atoms with E-state index < -0.39 is 17.5 Å². The number of hydrogen-bond acceptors (Lipinski definition) is 5. The Bertz CT molecular complexity index is 895. The molecule has 0 atom stereocenters. The zero-order valence-electron chi connectivity index (χ0n) is 13.7. The molecule has 0 aliphatic rings. The van der Waals surface area contributed by atoms with Crippen LogP contribution in [0.3, 0.4) is 0 Å². The lowest BCUT2D eigenvalue weighted by molar-refractivity contribution is 0.102. The molecule has 8 heteroatoms. The van der Waals surface area contributed by atoms with E-state index in [1.54, 1.807) is 31.4 Å². The average molecular weight is 356 g/mol. The molecule has 0 aliphatic carbocycles. The maximum absolute atomic E-state index is 13.6. The first kappa shape index (κ1) is 17.3. The summed E-state index contributed by atoms with van der Waals surface area (Å²) in [6, 6.07) is 10.3. The van der Waals surface area contributed by atoms with Crippen molar-refractivity contribution in [1.82, 2.24) is 9.97 Å². The monoisotopic (exact) mass is 356 g/mol. The van der Waals surface area contributed by atoms with Gasteiger partial charge in [0.1, 0.15) is 23.1 Å². The second-order valence-corrected chi connectivity index (χ2v) is 5.20.